The standard InChI is InChI=1S/C19H26N4O3S/c1-26-19-9-3-7-17(21-19)14-22-11-5-8-18(15-22)23(27(2,24)25)13-16-6-4-10-20-12-16/h3-4,6-7,9-10,12,18H,5,8,11,13-15H2,1-2H3. The molecule has 0 radical (unpaired) electrons. The minimum absolute atomic E-state index is 0.0560. The highest BCUT2D eigenvalue weighted by atomic mass is 32.2. The molecule has 0 amide bonds. The van der Waals surface area contributed by atoms with Crippen LogP contribution in [0.1, 0.15) is 24.1 Å². The van der Waals surface area contributed by atoms with E-state index in [1.54, 1.807) is 23.8 Å². The summed E-state index contributed by atoms with van der Waals surface area (Å²) in [4.78, 5) is 10.8. The monoisotopic (exact) mass is 390 g/mol. The topological polar surface area (TPSA) is 75.6 Å². The van der Waals surface area contributed by atoms with Gasteiger partial charge < -0.3 is 4.74 Å². The minimum atomic E-state index is -3.33. The van der Waals surface area contributed by atoms with E-state index in [4.69, 9.17) is 4.74 Å². The highest BCUT2D eigenvalue weighted by molar-refractivity contribution is 7.88. The molecule has 8 heteroatoms. The van der Waals surface area contributed by atoms with E-state index in [1.165, 1.54) is 6.26 Å². The van der Waals surface area contributed by atoms with E-state index in [-0.39, 0.29) is 6.04 Å². The highest BCUT2D eigenvalue weighted by Gasteiger charge is 2.31. The van der Waals surface area contributed by atoms with Gasteiger partial charge >= 0.3 is 0 Å². The molecule has 27 heavy (non-hydrogen) atoms. The van der Waals surface area contributed by atoms with Crippen molar-refractivity contribution in [3.8, 4) is 5.88 Å². The fourth-order valence-corrected chi connectivity index (χ4v) is 4.58. The van der Waals surface area contributed by atoms with Crippen molar-refractivity contribution in [1.82, 2.24) is 19.2 Å². The second-order valence-corrected chi connectivity index (χ2v) is 8.81. The maximum absolute atomic E-state index is 12.4. The lowest BCUT2D eigenvalue weighted by atomic mass is 10.0. The minimum Gasteiger partial charge on any atom is -0.481 e. The zero-order chi connectivity index (χ0) is 19.3. The van der Waals surface area contributed by atoms with Crippen LogP contribution in [0.4, 0.5) is 0 Å². The lowest BCUT2D eigenvalue weighted by Crippen LogP contribution is -2.49. The third-order valence-electron chi connectivity index (χ3n) is 4.75. The summed E-state index contributed by atoms with van der Waals surface area (Å²) in [5.41, 5.74) is 1.82. The fourth-order valence-electron chi connectivity index (χ4n) is 3.49. The predicted octanol–water partition coefficient (Wildman–Crippen LogP) is 1.91. The zero-order valence-corrected chi connectivity index (χ0v) is 16.6. The summed E-state index contributed by atoms with van der Waals surface area (Å²) in [7, 11) is -1.72. The van der Waals surface area contributed by atoms with Crippen LogP contribution in [-0.2, 0) is 23.1 Å². The quantitative estimate of drug-likeness (QED) is 0.719. The Morgan fingerprint density at radius 1 is 1.30 bits per heavy atom. The number of rotatable bonds is 7. The van der Waals surface area contributed by atoms with Crippen LogP contribution in [-0.4, -0.2) is 60.1 Å². The Bertz CT molecular complexity index is 845. The van der Waals surface area contributed by atoms with Crippen LogP contribution in [0.25, 0.3) is 0 Å². The molecule has 3 heterocycles. The van der Waals surface area contributed by atoms with Gasteiger partial charge in [0.05, 0.1) is 19.1 Å². The molecule has 1 aliphatic rings. The molecule has 1 saturated heterocycles. The van der Waals surface area contributed by atoms with Crippen LogP contribution < -0.4 is 4.74 Å². The molecule has 2 aromatic rings. The average molecular weight is 391 g/mol. The van der Waals surface area contributed by atoms with E-state index in [1.807, 2.05) is 30.3 Å². The Morgan fingerprint density at radius 3 is 2.85 bits per heavy atom. The Kier molecular flexibility index (Phi) is 6.41. The van der Waals surface area contributed by atoms with Crippen molar-refractivity contribution in [2.24, 2.45) is 0 Å². The summed E-state index contributed by atoms with van der Waals surface area (Å²) in [6.07, 6.45) is 6.51. The number of methoxy groups -OCH3 is 1. The number of aromatic nitrogens is 2. The Hall–Kier alpha value is -2.03. The van der Waals surface area contributed by atoms with Gasteiger partial charge in [-0.05, 0) is 37.1 Å². The van der Waals surface area contributed by atoms with E-state index in [2.05, 4.69) is 14.9 Å². The average Bonchev–Trinajstić information content (AvgIpc) is 2.66. The van der Waals surface area contributed by atoms with Gasteiger partial charge in [0, 0.05) is 44.1 Å². The third kappa shape index (κ3) is 5.47. The van der Waals surface area contributed by atoms with Crippen molar-refractivity contribution in [3.05, 3.63) is 54.0 Å². The number of nitrogens with zero attached hydrogens (tertiary/aromatic N) is 4. The van der Waals surface area contributed by atoms with Gasteiger partial charge in [-0.1, -0.05) is 12.1 Å². The van der Waals surface area contributed by atoms with Gasteiger partial charge in [0.15, 0.2) is 0 Å². The first-order valence-corrected chi connectivity index (χ1v) is 10.9. The van der Waals surface area contributed by atoms with Crippen molar-refractivity contribution >= 4 is 10.0 Å². The van der Waals surface area contributed by atoms with Crippen LogP contribution in [0, 0.1) is 0 Å². The molecule has 1 fully saturated rings. The second-order valence-electron chi connectivity index (χ2n) is 6.87. The fraction of sp³-hybridized carbons (Fsp3) is 0.474. The van der Waals surface area contributed by atoms with Gasteiger partial charge in [0.2, 0.25) is 15.9 Å². The van der Waals surface area contributed by atoms with Gasteiger partial charge in [-0.3, -0.25) is 9.88 Å². The van der Waals surface area contributed by atoms with Gasteiger partial charge in [-0.2, -0.15) is 4.31 Å². The second kappa shape index (κ2) is 8.77. The van der Waals surface area contributed by atoms with Gasteiger partial charge in [-0.25, -0.2) is 13.4 Å². The first kappa shape index (κ1) is 19.7. The zero-order valence-electron chi connectivity index (χ0n) is 15.8. The van der Waals surface area contributed by atoms with Crippen LogP contribution in [0.15, 0.2) is 42.7 Å². The summed E-state index contributed by atoms with van der Waals surface area (Å²) in [6, 6.07) is 9.40. The molecule has 1 aliphatic heterocycles. The van der Waals surface area contributed by atoms with Crippen molar-refractivity contribution < 1.29 is 13.2 Å². The molecule has 3 rings (SSSR count). The SMILES string of the molecule is COc1cccc(CN2CCCC(N(Cc3cccnc3)S(C)(=O)=O)C2)n1. The van der Waals surface area contributed by atoms with E-state index < -0.39 is 10.0 Å². The molecule has 0 aromatic carbocycles. The van der Waals surface area contributed by atoms with Crippen LogP contribution in [0.2, 0.25) is 0 Å². The number of likely N-dealkylation sites (tertiary alicyclic amines) is 1. The van der Waals surface area contributed by atoms with Crippen LogP contribution in [0.5, 0.6) is 5.88 Å². The molecule has 0 spiro atoms. The summed E-state index contributed by atoms with van der Waals surface area (Å²) in [6.45, 7) is 2.65. The van der Waals surface area contributed by atoms with Crippen LogP contribution >= 0.6 is 0 Å². The molecule has 0 bridgehead atoms. The summed E-state index contributed by atoms with van der Waals surface area (Å²) >= 11 is 0. The van der Waals surface area contributed by atoms with Crippen molar-refractivity contribution in [2.45, 2.75) is 32.0 Å². The lowest BCUT2D eigenvalue weighted by molar-refractivity contribution is 0.138. The van der Waals surface area contributed by atoms with Crippen molar-refractivity contribution in [3.63, 3.8) is 0 Å². The van der Waals surface area contributed by atoms with Gasteiger partial charge in [-0.15, -0.1) is 0 Å². The Labute approximate surface area is 161 Å². The van der Waals surface area contributed by atoms with Crippen molar-refractivity contribution in [2.75, 3.05) is 26.5 Å². The molecule has 2 aromatic heterocycles. The molecular weight excluding hydrogens is 364 g/mol. The number of pyridine rings is 2. The van der Waals surface area contributed by atoms with E-state index in [0.717, 1.165) is 30.6 Å². The summed E-state index contributed by atoms with van der Waals surface area (Å²) in [5.74, 6) is 0.593. The first-order valence-electron chi connectivity index (χ1n) is 9.03. The molecule has 0 aliphatic carbocycles. The number of hydrogen-bond donors (Lipinski definition) is 0. The molecule has 0 N–H and O–H groups in total. The molecule has 1 atom stereocenters. The van der Waals surface area contributed by atoms with Gasteiger partial charge in [0.1, 0.15) is 0 Å². The van der Waals surface area contributed by atoms with Crippen molar-refractivity contribution in [1.29, 1.82) is 0 Å². The van der Waals surface area contributed by atoms with E-state index in [0.29, 0.717) is 25.5 Å². The molecule has 7 nitrogen and oxygen atoms in total. The summed E-state index contributed by atoms with van der Waals surface area (Å²) in [5, 5.41) is 0. The first-order chi connectivity index (χ1) is 13.0. The van der Waals surface area contributed by atoms with E-state index in [9.17, 15) is 8.42 Å². The van der Waals surface area contributed by atoms with Crippen LogP contribution in [0.3, 0.4) is 0 Å². The molecule has 0 saturated carbocycles. The Morgan fingerprint density at radius 2 is 2.15 bits per heavy atom. The number of sulfonamides is 1. The largest absolute Gasteiger partial charge is 0.481 e. The normalized spacial score (nSPS) is 18.6. The Balaban J connectivity index is 1.72. The third-order valence-corrected chi connectivity index (χ3v) is 6.03. The van der Waals surface area contributed by atoms with E-state index >= 15 is 0 Å². The number of ether oxygens (including phenoxy) is 1. The lowest BCUT2D eigenvalue weighted by Gasteiger charge is -2.38. The number of piperidine rings is 1. The highest BCUT2D eigenvalue weighted by Crippen LogP contribution is 2.22. The molecule has 1 unspecified atom stereocenters. The summed E-state index contributed by atoms with van der Waals surface area (Å²) < 4.78 is 31.7. The predicted molar refractivity (Wildman–Crippen MR) is 104 cm³/mol. The molecule has 146 valence electrons. The van der Waals surface area contributed by atoms with Gasteiger partial charge in [0.25, 0.3) is 0 Å². The molecular formula is C19H26N4O3S. The maximum atomic E-state index is 12.4. The smallest absolute Gasteiger partial charge is 0.213 e. The maximum Gasteiger partial charge on any atom is 0.213 e. The number of hydrogen-bond acceptors (Lipinski definition) is 6.